The van der Waals surface area contributed by atoms with Crippen LogP contribution in [0.1, 0.15) is 38.4 Å². The summed E-state index contributed by atoms with van der Waals surface area (Å²) >= 11 is 0. The number of carbonyl (C=O) groups excluding carboxylic acids is 2. The molecule has 116 valence electrons. The van der Waals surface area contributed by atoms with Crippen LogP contribution in [-0.2, 0) is 23.2 Å². The molecule has 1 atom stereocenters. The minimum Gasteiger partial charge on any atom is -0.352 e. The van der Waals surface area contributed by atoms with Gasteiger partial charge in [-0.15, -0.1) is 0 Å². The fourth-order valence-electron chi connectivity index (χ4n) is 2.58. The van der Waals surface area contributed by atoms with E-state index in [1.54, 1.807) is 15.8 Å². The first-order chi connectivity index (χ1) is 9.70. The number of aromatic nitrogens is 2. The van der Waals surface area contributed by atoms with Gasteiger partial charge in [0.2, 0.25) is 11.8 Å². The molecule has 1 aliphatic heterocycles. The van der Waals surface area contributed by atoms with E-state index in [0.717, 1.165) is 11.3 Å². The van der Waals surface area contributed by atoms with Crippen molar-refractivity contribution in [3.63, 3.8) is 0 Å². The second-order valence-corrected chi connectivity index (χ2v) is 6.67. The van der Waals surface area contributed by atoms with Crippen molar-refractivity contribution in [2.24, 2.45) is 13.0 Å². The normalized spacial score (nSPS) is 19.2. The summed E-state index contributed by atoms with van der Waals surface area (Å²) < 4.78 is 1.78. The van der Waals surface area contributed by atoms with E-state index < -0.39 is 0 Å². The van der Waals surface area contributed by atoms with Crippen molar-refractivity contribution < 1.29 is 9.59 Å². The summed E-state index contributed by atoms with van der Waals surface area (Å²) in [5.74, 6) is -0.257. The van der Waals surface area contributed by atoms with Crippen molar-refractivity contribution >= 4 is 11.8 Å². The number of nitrogens with zero attached hydrogens (tertiary/aromatic N) is 3. The lowest BCUT2D eigenvalue weighted by atomic mass is 10.1. The van der Waals surface area contributed by atoms with E-state index in [0.29, 0.717) is 19.5 Å². The number of hydrogen-bond acceptors (Lipinski definition) is 3. The van der Waals surface area contributed by atoms with Gasteiger partial charge >= 0.3 is 0 Å². The van der Waals surface area contributed by atoms with Crippen molar-refractivity contribution in [3.05, 3.63) is 17.5 Å². The third-order valence-electron chi connectivity index (χ3n) is 4.10. The lowest BCUT2D eigenvalue weighted by molar-refractivity contribution is -0.132. The minimum atomic E-state index is -0.256. The molecule has 0 aromatic carbocycles. The average molecular weight is 292 g/mol. The van der Waals surface area contributed by atoms with E-state index in [1.807, 2.05) is 34.7 Å². The van der Waals surface area contributed by atoms with Gasteiger partial charge in [0.05, 0.1) is 12.1 Å². The Kier molecular flexibility index (Phi) is 4.07. The maximum absolute atomic E-state index is 12.2. The molecule has 1 fully saturated rings. The van der Waals surface area contributed by atoms with Gasteiger partial charge in [0.15, 0.2) is 0 Å². The summed E-state index contributed by atoms with van der Waals surface area (Å²) in [7, 11) is 1.87. The average Bonchev–Trinajstić information content (AvgIpc) is 2.92. The molecule has 0 saturated carbocycles. The van der Waals surface area contributed by atoms with E-state index in [9.17, 15) is 9.59 Å². The van der Waals surface area contributed by atoms with Gasteiger partial charge < -0.3 is 10.2 Å². The highest BCUT2D eigenvalue weighted by Crippen LogP contribution is 2.25. The van der Waals surface area contributed by atoms with Gasteiger partial charge in [0, 0.05) is 43.4 Å². The molecule has 1 saturated heterocycles. The van der Waals surface area contributed by atoms with Gasteiger partial charge in [-0.3, -0.25) is 14.3 Å². The molecule has 0 unspecified atom stereocenters. The summed E-state index contributed by atoms with van der Waals surface area (Å²) in [4.78, 5) is 26.0. The summed E-state index contributed by atoms with van der Waals surface area (Å²) in [6.07, 6.45) is 2.06. The van der Waals surface area contributed by atoms with Crippen LogP contribution in [0.25, 0.3) is 0 Å². The highest BCUT2D eigenvalue weighted by Gasteiger charge is 2.39. The van der Waals surface area contributed by atoms with Gasteiger partial charge in [-0.25, -0.2) is 0 Å². The van der Waals surface area contributed by atoms with Crippen LogP contribution >= 0.6 is 0 Å². The molecular weight excluding hydrogens is 268 g/mol. The molecule has 0 bridgehead atoms. The standard InChI is InChI=1S/C15H24N4O2/c1-10-12(8-17-18(10)5)7-16-14(21)11-6-13(20)19(9-11)15(2,3)4/h8,11H,6-7,9H2,1-5H3,(H,16,21)/t11-/m0/s1. The minimum absolute atomic E-state index is 0.0557. The fourth-order valence-corrected chi connectivity index (χ4v) is 2.58. The van der Waals surface area contributed by atoms with E-state index in [2.05, 4.69) is 10.4 Å². The van der Waals surface area contributed by atoms with Crippen LogP contribution in [0.4, 0.5) is 0 Å². The number of rotatable bonds is 3. The topological polar surface area (TPSA) is 67.2 Å². The molecule has 0 aliphatic carbocycles. The van der Waals surface area contributed by atoms with Gasteiger partial charge in [-0.1, -0.05) is 0 Å². The number of hydrogen-bond donors (Lipinski definition) is 1. The van der Waals surface area contributed by atoms with E-state index in [-0.39, 0.29) is 23.3 Å². The Labute approximate surface area is 125 Å². The van der Waals surface area contributed by atoms with Crippen LogP contribution in [0.5, 0.6) is 0 Å². The van der Waals surface area contributed by atoms with Crippen LogP contribution in [0.3, 0.4) is 0 Å². The van der Waals surface area contributed by atoms with Crippen molar-refractivity contribution in [2.75, 3.05) is 6.54 Å². The molecule has 1 aromatic rings. The zero-order valence-corrected chi connectivity index (χ0v) is 13.4. The zero-order valence-electron chi connectivity index (χ0n) is 13.4. The monoisotopic (exact) mass is 292 g/mol. The predicted molar refractivity (Wildman–Crippen MR) is 79.4 cm³/mol. The zero-order chi connectivity index (χ0) is 15.8. The van der Waals surface area contributed by atoms with Crippen LogP contribution in [0, 0.1) is 12.8 Å². The van der Waals surface area contributed by atoms with E-state index >= 15 is 0 Å². The van der Waals surface area contributed by atoms with Crippen LogP contribution in [-0.4, -0.2) is 38.6 Å². The Morgan fingerprint density at radius 2 is 2.14 bits per heavy atom. The molecule has 2 rings (SSSR count). The number of amides is 2. The number of likely N-dealkylation sites (tertiary alicyclic amines) is 1. The maximum Gasteiger partial charge on any atom is 0.225 e. The quantitative estimate of drug-likeness (QED) is 0.903. The molecule has 0 spiro atoms. The molecule has 1 N–H and O–H groups in total. The molecule has 1 aromatic heterocycles. The van der Waals surface area contributed by atoms with Gasteiger partial charge in [-0.05, 0) is 27.7 Å². The Morgan fingerprint density at radius 3 is 2.62 bits per heavy atom. The van der Waals surface area contributed by atoms with Crippen molar-refractivity contribution in [2.45, 2.75) is 46.2 Å². The highest BCUT2D eigenvalue weighted by molar-refractivity contribution is 5.89. The SMILES string of the molecule is Cc1c(CNC(=O)[C@H]2CC(=O)N(C(C)(C)C)C2)cnn1C. The van der Waals surface area contributed by atoms with Gasteiger partial charge in [-0.2, -0.15) is 5.10 Å². The highest BCUT2D eigenvalue weighted by atomic mass is 16.2. The number of nitrogens with one attached hydrogen (secondary N) is 1. The van der Waals surface area contributed by atoms with Crippen LogP contribution in [0.15, 0.2) is 6.20 Å². The molecule has 2 amide bonds. The molecule has 6 heteroatoms. The number of carbonyl (C=O) groups is 2. The van der Waals surface area contributed by atoms with Crippen LogP contribution in [0.2, 0.25) is 0 Å². The molecule has 1 aliphatic rings. The predicted octanol–water partition coefficient (Wildman–Crippen LogP) is 0.992. The Bertz CT molecular complexity index is 557. The van der Waals surface area contributed by atoms with E-state index in [1.165, 1.54) is 0 Å². The first kappa shape index (κ1) is 15.5. The lowest BCUT2D eigenvalue weighted by Crippen LogP contribution is -2.43. The molecule has 2 heterocycles. The molecule has 6 nitrogen and oxygen atoms in total. The molecule has 21 heavy (non-hydrogen) atoms. The third-order valence-corrected chi connectivity index (χ3v) is 4.10. The fraction of sp³-hybridized carbons (Fsp3) is 0.667. The van der Waals surface area contributed by atoms with Crippen molar-refractivity contribution in [1.29, 1.82) is 0 Å². The molecule has 0 radical (unpaired) electrons. The summed E-state index contributed by atoms with van der Waals surface area (Å²) in [6, 6.07) is 0. The summed E-state index contributed by atoms with van der Waals surface area (Å²) in [5.41, 5.74) is 1.81. The van der Waals surface area contributed by atoms with Gasteiger partial charge in [0.1, 0.15) is 0 Å². The Hall–Kier alpha value is -1.85. The van der Waals surface area contributed by atoms with Gasteiger partial charge in [0.25, 0.3) is 0 Å². The van der Waals surface area contributed by atoms with Crippen molar-refractivity contribution in [3.8, 4) is 0 Å². The lowest BCUT2D eigenvalue weighted by Gasteiger charge is -2.31. The smallest absolute Gasteiger partial charge is 0.225 e. The molecular formula is C15H24N4O2. The largest absolute Gasteiger partial charge is 0.352 e. The maximum atomic E-state index is 12.2. The van der Waals surface area contributed by atoms with E-state index in [4.69, 9.17) is 0 Å². The van der Waals surface area contributed by atoms with Crippen LogP contribution < -0.4 is 5.32 Å². The summed E-state index contributed by atoms with van der Waals surface area (Å²) in [6.45, 7) is 8.90. The second kappa shape index (κ2) is 5.50. The number of aryl methyl sites for hydroxylation is 1. The first-order valence-electron chi connectivity index (χ1n) is 7.26. The van der Waals surface area contributed by atoms with Crippen molar-refractivity contribution in [1.82, 2.24) is 20.0 Å². The summed E-state index contributed by atoms with van der Waals surface area (Å²) in [5, 5.41) is 7.07. The Balaban J connectivity index is 1.93. The first-order valence-corrected chi connectivity index (χ1v) is 7.26. The third kappa shape index (κ3) is 3.25. The Morgan fingerprint density at radius 1 is 1.48 bits per heavy atom. The second-order valence-electron chi connectivity index (χ2n) is 6.67.